The summed E-state index contributed by atoms with van der Waals surface area (Å²) in [6.45, 7) is 5.87. The van der Waals surface area contributed by atoms with Crippen molar-refractivity contribution >= 4 is 27.7 Å². The van der Waals surface area contributed by atoms with Crippen LogP contribution in [0, 0.1) is 11.6 Å². The number of nitrogens with zero attached hydrogens (tertiary/aromatic N) is 3. The Morgan fingerprint density at radius 3 is 2.22 bits per heavy atom. The van der Waals surface area contributed by atoms with E-state index >= 15 is 0 Å². The van der Waals surface area contributed by atoms with Crippen molar-refractivity contribution in [3.05, 3.63) is 64.7 Å². The van der Waals surface area contributed by atoms with Crippen molar-refractivity contribution in [2.24, 2.45) is 0 Å². The van der Waals surface area contributed by atoms with Gasteiger partial charge in [0.25, 0.3) is 0 Å². The van der Waals surface area contributed by atoms with E-state index in [1.165, 1.54) is 40.7 Å². The second-order valence-electron chi connectivity index (χ2n) is 11.8. The van der Waals surface area contributed by atoms with Gasteiger partial charge in [0, 0.05) is 42.8 Å². The lowest BCUT2D eigenvalue weighted by molar-refractivity contribution is -0.0245. The maximum Gasteiger partial charge on any atom is 0.410 e. The summed E-state index contributed by atoms with van der Waals surface area (Å²) >= 11 is 6.02. The number of carbonyl (C=O) groups is 1. The van der Waals surface area contributed by atoms with Gasteiger partial charge in [-0.2, -0.15) is 4.31 Å². The van der Waals surface area contributed by atoms with Crippen LogP contribution in [0.5, 0.6) is 0 Å². The van der Waals surface area contributed by atoms with E-state index in [4.69, 9.17) is 16.3 Å². The quantitative estimate of drug-likeness (QED) is 0.476. The summed E-state index contributed by atoms with van der Waals surface area (Å²) in [6.07, 6.45) is 1.85. The number of piperazine rings is 1. The van der Waals surface area contributed by atoms with Gasteiger partial charge in [0.1, 0.15) is 17.2 Å². The number of aliphatic hydroxyl groups excluding tert-OH is 1. The van der Waals surface area contributed by atoms with Crippen molar-refractivity contribution in [1.29, 1.82) is 0 Å². The van der Waals surface area contributed by atoms with Gasteiger partial charge in [-0.05, 0) is 87.9 Å². The minimum atomic E-state index is -4.19. The normalized spacial score (nSPS) is 23.8. The highest BCUT2D eigenvalue weighted by atomic mass is 35.5. The third-order valence-corrected chi connectivity index (χ3v) is 10.8. The van der Waals surface area contributed by atoms with E-state index in [2.05, 4.69) is 4.90 Å². The Morgan fingerprint density at radius 1 is 1.05 bits per heavy atom. The Bertz CT molecular complexity index is 1360. The molecule has 2 aromatic carbocycles. The molecule has 12 heteroatoms. The molecule has 8 nitrogen and oxygen atoms in total. The summed E-state index contributed by atoms with van der Waals surface area (Å²) in [5.41, 5.74) is -1.23. The van der Waals surface area contributed by atoms with Crippen LogP contribution in [0.3, 0.4) is 0 Å². The van der Waals surface area contributed by atoms with Gasteiger partial charge in [0.2, 0.25) is 10.0 Å². The first-order chi connectivity index (χ1) is 19.4. The number of rotatable bonds is 7. The largest absolute Gasteiger partial charge is 0.441 e. The van der Waals surface area contributed by atoms with E-state index in [-0.39, 0.29) is 17.1 Å². The summed E-state index contributed by atoms with van der Waals surface area (Å²) in [7, 11) is -4.19. The van der Waals surface area contributed by atoms with Gasteiger partial charge >= 0.3 is 6.09 Å². The molecule has 1 N–H and O–H groups in total. The third kappa shape index (κ3) is 6.10. The first-order valence-corrected chi connectivity index (χ1v) is 15.8. The topological polar surface area (TPSA) is 90.4 Å². The Labute approximate surface area is 244 Å². The zero-order valence-electron chi connectivity index (χ0n) is 23.2. The average Bonchev–Trinajstić information content (AvgIpc) is 3.72. The first-order valence-electron chi connectivity index (χ1n) is 14.0. The number of hydrogen-bond acceptors (Lipinski definition) is 6. The molecule has 2 aromatic rings. The molecule has 0 bridgehead atoms. The van der Waals surface area contributed by atoms with Crippen LogP contribution in [-0.2, 0) is 14.8 Å². The molecule has 224 valence electrons. The molecular formula is C29H36ClF2N3O5S. The summed E-state index contributed by atoms with van der Waals surface area (Å²) in [5, 5.41) is 10.1. The molecule has 5 rings (SSSR count). The van der Waals surface area contributed by atoms with E-state index in [0.717, 1.165) is 6.07 Å². The minimum absolute atomic E-state index is 0.000390. The van der Waals surface area contributed by atoms with Crippen molar-refractivity contribution in [2.75, 3.05) is 32.8 Å². The summed E-state index contributed by atoms with van der Waals surface area (Å²) in [6, 6.07) is 7.31. The van der Waals surface area contributed by atoms with Gasteiger partial charge in [-0.1, -0.05) is 11.6 Å². The highest BCUT2D eigenvalue weighted by Crippen LogP contribution is 2.52. The van der Waals surface area contributed by atoms with Gasteiger partial charge in [0.15, 0.2) is 0 Å². The number of benzene rings is 2. The van der Waals surface area contributed by atoms with Crippen LogP contribution in [0.25, 0.3) is 0 Å². The van der Waals surface area contributed by atoms with E-state index in [9.17, 15) is 27.1 Å². The molecule has 2 aliphatic heterocycles. The number of carbonyl (C=O) groups excluding carboxylic acids is 1. The van der Waals surface area contributed by atoms with Crippen molar-refractivity contribution in [1.82, 2.24) is 14.1 Å². The second-order valence-corrected chi connectivity index (χ2v) is 14.1. The number of amides is 1. The van der Waals surface area contributed by atoms with Crippen molar-refractivity contribution in [3.8, 4) is 0 Å². The molecule has 2 saturated heterocycles. The predicted molar refractivity (Wildman–Crippen MR) is 150 cm³/mol. The van der Waals surface area contributed by atoms with Crippen LogP contribution >= 0.6 is 11.6 Å². The fourth-order valence-corrected chi connectivity index (χ4v) is 8.12. The standard InChI is InChI=1S/C29H36ClF2N3O5S/c1-28(2,19-36)34-14-12-33(13-15-34)27(37)40-29(10-11-29)26-5-3-4-25(20-16-22(31)18-23(32)17-20)35(26)41(38,39)24-8-6-21(30)7-9-24/h6-9,16-18,25-26,36H,3-5,10-15,19H2,1-2H3. The Morgan fingerprint density at radius 2 is 1.66 bits per heavy atom. The molecule has 0 radical (unpaired) electrons. The smallest absolute Gasteiger partial charge is 0.410 e. The zero-order valence-corrected chi connectivity index (χ0v) is 24.8. The van der Waals surface area contributed by atoms with Crippen LogP contribution in [0.1, 0.15) is 57.6 Å². The lowest BCUT2D eigenvalue weighted by atomic mass is 9.90. The van der Waals surface area contributed by atoms with E-state index in [1.807, 2.05) is 13.8 Å². The second kappa shape index (κ2) is 11.4. The van der Waals surface area contributed by atoms with Crippen LogP contribution < -0.4 is 0 Å². The summed E-state index contributed by atoms with van der Waals surface area (Å²) in [5.74, 6) is -1.58. The fourth-order valence-electron chi connectivity index (χ4n) is 6.07. The molecule has 41 heavy (non-hydrogen) atoms. The SMILES string of the molecule is CC(C)(CO)N1CCN(C(=O)OC2(C3CCCC(c4cc(F)cc(F)c4)N3S(=O)(=O)c3ccc(Cl)cc3)CC2)CC1. The molecule has 2 atom stereocenters. The number of hydrogen-bond donors (Lipinski definition) is 1. The molecule has 1 saturated carbocycles. The highest BCUT2D eigenvalue weighted by Gasteiger charge is 2.60. The molecule has 1 aliphatic carbocycles. The molecular weight excluding hydrogens is 576 g/mol. The fraction of sp³-hybridized carbons (Fsp3) is 0.552. The Kier molecular flexibility index (Phi) is 8.39. The number of piperidine rings is 1. The van der Waals surface area contributed by atoms with Crippen molar-refractivity contribution in [3.63, 3.8) is 0 Å². The first kappa shape index (κ1) is 30.2. The van der Waals surface area contributed by atoms with Crippen LogP contribution in [-0.4, -0.2) is 83.7 Å². The van der Waals surface area contributed by atoms with Gasteiger partial charge in [-0.15, -0.1) is 0 Å². The minimum Gasteiger partial charge on any atom is -0.441 e. The lowest BCUT2D eigenvalue weighted by Crippen LogP contribution is -2.58. The van der Waals surface area contributed by atoms with Crippen molar-refractivity contribution in [2.45, 2.75) is 74.1 Å². The third-order valence-electron chi connectivity index (χ3n) is 8.65. The molecule has 0 aromatic heterocycles. The summed E-state index contributed by atoms with van der Waals surface area (Å²) in [4.78, 5) is 17.1. The number of halogens is 3. The monoisotopic (exact) mass is 611 g/mol. The molecule has 1 amide bonds. The average molecular weight is 612 g/mol. The van der Waals surface area contributed by atoms with Gasteiger partial charge < -0.3 is 14.7 Å². The number of sulfonamides is 1. The predicted octanol–water partition coefficient (Wildman–Crippen LogP) is 4.96. The maximum atomic E-state index is 14.3. The maximum absolute atomic E-state index is 14.3. The van der Waals surface area contributed by atoms with E-state index in [0.29, 0.717) is 63.3 Å². The van der Waals surface area contributed by atoms with Gasteiger partial charge in [0.05, 0.1) is 23.6 Å². The van der Waals surface area contributed by atoms with E-state index in [1.54, 1.807) is 4.90 Å². The number of aliphatic hydroxyl groups is 1. The van der Waals surface area contributed by atoms with Crippen molar-refractivity contribution < 1.29 is 31.8 Å². The molecule has 3 aliphatic rings. The molecule has 2 unspecified atom stereocenters. The zero-order chi connectivity index (χ0) is 29.6. The van der Waals surface area contributed by atoms with Crippen LogP contribution in [0.15, 0.2) is 47.4 Å². The molecule has 2 heterocycles. The van der Waals surface area contributed by atoms with Crippen LogP contribution in [0.2, 0.25) is 5.02 Å². The number of ether oxygens (including phenoxy) is 1. The Hall–Kier alpha value is -2.31. The van der Waals surface area contributed by atoms with Gasteiger partial charge in [-0.3, -0.25) is 4.90 Å². The summed E-state index contributed by atoms with van der Waals surface area (Å²) < 4.78 is 64.5. The molecule has 0 spiro atoms. The molecule has 3 fully saturated rings. The lowest BCUT2D eigenvalue weighted by Gasteiger charge is -2.45. The highest BCUT2D eigenvalue weighted by molar-refractivity contribution is 7.89. The van der Waals surface area contributed by atoms with E-state index < -0.39 is 51.0 Å². The van der Waals surface area contributed by atoms with Crippen LogP contribution in [0.4, 0.5) is 13.6 Å². The van der Waals surface area contributed by atoms with Gasteiger partial charge in [-0.25, -0.2) is 22.0 Å². The Balaban J connectivity index is 1.44.